The third-order valence-corrected chi connectivity index (χ3v) is 3.99. The van der Waals surface area contributed by atoms with Crippen molar-refractivity contribution in [2.24, 2.45) is 0 Å². The third kappa shape index (κ3) is 2.38. The zero-order chi connectivity index (χ0) is 15.0. The van der Waals surface area contributed by atoms with Crippen LogP contribution in [-0.4, -0.2) is 4.98 Å². The Morgan fingerprint density at radius 3 is 2.38 bits per heavy atom. The first-order chi connectivity index (χ1) is 10.1. The minimum Gasteiger partial charge on any atom is -0.354 e. The standard InChI is InChI=1S/C19H19NO/c1-12(2)15-9-10-17-16(11-15)19(21)13(3)18(20-17)14-7-5-4-6-8-14/h4-12H,1-3H3,(H,20,21). The van der Waals surface area contributed by atoms with Crippen molar-refractivity contribution in [3.05, 3.63) is 69.9 Å². The van der Waals surface area contributed by atoms with E-state index in [-0.39, 0.29) is 5.43 Å². The quantitative estimate of drug-likeness (QED) is 0.728. The van der Waals surface area contributed by atoms with Gasteiger partial charge in [-0.1, -0.05) is 50.2 Å². The number of nitrogens with one attached hydrogen (secondary N) is 1. The normalized spacial score (nSPS) is 11.2. The number of pyridine rings is 1. The van der Waals surface area contributed by atoms with Gasteiger partial charge < -0.3 is 4.98 Å². The molecule has 2 nitrogen and oxygen atoms in total. The van der Waals surface area contributed by atoms with E-state index in [4.69, 9.17) is 0 Å². The van der Waals surface area contributed by atoms with Gasteiger partial charge in [0.2, 0.25) is 0 Å². The van der Waals surface area contributed by atoms with Crippen molar-refractivity contribution in [3.63, 3.8) is 0 Å². The van der Waals surface area contributed by atoms with Gasteiger partial charge in [-0.25, -0.2) is 0 Å². The Balaban J connectivity index is 2.30. The van der Waals surface area contributed by atoms with Gasteiger partial charge in [-0.3, -0.25) is 4.79 Å². The number of rotatable bonds is 2. The summed E-state index contributed by atoms with van der Waals surface area (Å²) in [5.74, 6) is 0.419. The number of H-pyrrole nitrogens is 1. The lowest BCUT2D eigenvalue weighted by molar-refractivity contribution is 0.868. The van der Waals surface area contributed by atoms with E-state index in [0.717, 1.165) is 27.7 Å². The average Bonchev–Trinajstić information content (AvgIpc) is 2.51. The van der Waals surface area contributed by atoms with Crippen molar-refractivity contribution in [3.8, 4) is 11.3 Å². The van der Waals surface area contributed by atoms with Gasteiger partial charge in [0, 0.05) is 16.5 Å². The molecule has 106 valence electrons. The second kappa shape index (κ2) is 5.21. The molecule has 0 amide bonds. The summed E-state index contributed by atoms with van der Waals surface area (Å²) in [4.78, 5) is 16.1. The van der Waals surface area contributed by atoms with Gasteiger partial charge in [0.25, 0.3) is 0 Å². The average molecular weight is 277 g/mol. The molecule has 3 rings (SSSR count). The van der Waals surface area contributed by atoms with Gasteiger partial charge in [-0.2, -0.15) is 0 Å². The Labute approximate surface area is 124 Å². The van der Waals surface area contributed by atoms with Crippen LogP contribution < -0.4 is 5.43 Å². The first-order valence-corrected chi connectivity index (χ1v) is 7.30. The van der Waals surface area contributed by atoms with E-state index >= 15 is 0 Å². The molecule has 0 aliphatic rings. The summed E-state index contributed by atoms with van der Waals surface area (Å²) in [6.07, 6.45) is 0. The van der Waals surface area contributed by atoms with Crippen molar-refractivity contribution in [1.82, 2.24) is 4.98 Å². The Hall–Kier alpha value is -2.35. The smallest absolute Gasteiger partial charge is 0.192 e. The highest BCUT2D eigenvalue weighted by molar-refractivity contribution is 5.83. The fourth-order valence-electron chi connectivity index (χ4n) is 2.66. The number of benzene rings is 2. The minimum atomic E-state index is 0.116. The van der Waals surface area contributed by atoms with Crippen molar-refractivity contribution in [2.45, 2.75) is 26.7 Å². The van der Waals surface area contributed by atoms with Gasteiger partial charge in [0.05, 0.1) is 5.69 Å². The van der Waals surface area contributed by atoms with Crippen LogP contribution in [0.5, 0.6) is 0 Å². The fraction of sp³-hybridized carbons (Fsp3) is 0.211. The largest absolute Gasteiger partial charge is 0.354 e. The summed E-state index contributed by atoms with van der Waals surface area (Å²) in [6, 6.07) is 16.1. The van der Waals surface area contributed by atoms with Gasteiger partial charge >= 0.3 is 0 Å². The first-order valence-electron chi connectivity index (χ1n) is 7.30. The van der Waals surface area contributed by atoms with Crippen LogP contribution in [-0.2, 0) is 0 Å². The molecule has 0 spiro atoms. The van der Waals surface area contributed by atoms with E-state index in [1.165, 1.54) is 5.56 Å². The molecule has 0 aliphatic carbocycles. The second-order valence-electron chi connectivity index (χ2n) is 5.78. The van der Waals surface area contributed by atoms with Crippen LogP contribution in [0.3, 0.4) is 0 Å². The molecule has 1 N–H and O–H groups in total. The predicted octanol–water partition coefficient (Wildman–Crippen LogP) is 4.63. The molecule has 1 heterocycles. The summed E-state index contributed by atoms with van der Waals surface area (Å²) >= 11 is 0. The maximum atomic E-state index is 12.7. The van der Waals surface area contributed by atoms with Crippen LogP contribution in [0, 0.1) is 6.92 Å². The fourth-order valence-corrected chi connectivity index (χ4v) is 2.66. The summed E-state index contributed by atoms with van der Waals surface area (Å²) in [5.41, 5.74) is 4.93. The molecule has 0 saturated heterocycles. The first kappa shape index (κ1) is 13.6. The highest BCUT2D eigenvalue weighted by atomic mass is 16.1. The van der Waals surface area contributed by atoms with Gasteiger partial charge in [-0.15, -0.1) is 0 Å². The molecule has 0 unspecified atom stereocenters. The van der Waals surface area contributed by atoms with Crippen LogP contribution >= 0.6 is 0 Å². The molecule has 0 saturated carbocycles. The zero-order valence-corrected chi connectivity index (χ0v) is 12.6. The van der Waals surface area contributed by atoms with E-state index in [9.17, 15) is 4.79 Å². The molecule has 0 atom stereocenters. The molecule has 2 aromatic carbocycles. The molecule has 1 aromatic heterocycles. The third-order valence-electron chi connectivity index (χ3n) is 3.99. The molecule has 0 bridgehead atoms. The number of aromatic nitrogens is 1. The van der Waals surface area contributed by atoms with Gasteiger partial charge in [0.15, 0.2) is 5.43 Å². The van der Waals surface area contributed by atoms with Crippen LogP contribution in [0.15, 0.2) is 53.3 Å². The molecule has 21 heavy (non-hydrogen) atoms. The van der Waals surface area contributed by atoms with Gasteiger partial charge in [-0.05, 0) is 36.1 Å². The van der Waals surface area contributed by atoms with Crippen molar-refractivity contribution >= 4 is 10.9 Å². The SMILES string of the molecule is Cc1c(-c2ccccc2)[nH]c2ccc(C(C)C)cc2c1=O. The summed E-state index contributed by atoms with van der Waals surface area (Å²) < 4.78 is 0. The maximum absolute atomic E-state index is 12.7. The number of hydrogen-bond donors (Lipinski definition) is 1. The predicted molar refractivity (Wildman–Crippen MR) is 88.8 cm³/mol. The van der Waals surface area contributed by atoms with E-state index < -0.39 is 0 Å². The zero-order valence-electron chi connectivity index (χ0n) is 12.6. The molecule has 0 fully saturated rings. The Morgan fingerprint density at radius 1 is 1.00 bits per heavy atom. The van der Waals surface area contributed by atoms with Crippen molar-refractivity contribution < 1.29 is 0 Å². The van der Waals surface area contributed by atoms with Crippen LogP contribution in [0.4, 0.5) is 0 Å². The highest BCUT2D eigenvalue weighted by Gasteiger charge is 2.11. The lowest BCUT2D eigenvalue weighted by Gasteiger charge is -2.11. The highest BCUT2D eigenvalue weighted by Crippen LogP contribution is 2.24. The second-order valence-corrected chi connectivity index (χ2v) is 5.78. The molecule has 3 aromatic rings. The minimum absolute atomic E-state index is 0.116. The van der Waals surface area contributed by atoms with Gasteiger partial charge in [0.1, 0.15) is 0 Å². The Bertz CT molecular complexity index is 845. The Kier molecular flexibility index (Phi) is 3.38. The van der Waals surface area contributed by atoms with E-state index in [2.05, 4.69) is 24.9 Å². The van der Waals surface area contributed by atoms with E-state index in [0.29, 0.717) is 5.92 Å². The summed E-state index contributed by atoms with van der Waals surface area (Å²) in [5, 5.41) is 0.776. The van der Waals surface area contributed by atoms with Crippen LogP contribution in [0.2, 0.25) is 0 Å². The number of hydrogen-bond acceptors (Lipinski definition) is 1. The van der Waals surface area contributed by atoms with Crippen molar-refractivity contribution in [1.29, 1.82) is 0 Å². The molecule has 0 aliphatic heterocycles. The number of aromatic amines is 1. The lowest BCUT2D eigenvalue weighted by atomic mass is 9.98. The lowest BCUT2D eigenvalue weighted by Crippen LogP contribution is -2.10. The molecular formula is C19H19NO. The van der Waals surface area contributed by atoms with Crippen LogP contribution in [0.25, 0.3) is 22.2 Å². The number of fused-ring (bicyclic) bond motifs is 1. The van der Waals surface area contributed by atoms with Crippen molar-refractivity contribution in [2.75, 3.05) is 0 Å². The Morgan fingerprint density at radius 2 is 1.71 bits per heavy atom. The molecule has 0 radical (unpaired) electrons. The van der Waals surface area contributed by atoms with E-state index in [1.54, 1.807) is 0 Å². The topological polar surface area (TPSA) is 32.9 Å². The molecule has 2 heteroatoms. The van der Waals surface area contributed by atoms with Crippen LogP contribution in [0.1, 0.15) is 30.9 Å². The molecular weight excluding hydrogens is 258 g/mol. The maximum Gasteiger partial charge on any atom is 0.192 e. The summed E-state index contributed by atoms with van der Waals surface area (Å²) in [6.45, 7) is 6.17. The monoisotopic (exact) mass is 277 g/mol. The summed E-state index contributed by atoms with van der Waals surface area (Å²) in [7, 11) is 0. The van der Waals surface area contributed by atoms with E-state index in [1.807, 2.05) is 49.4 Å².